The normalized spacial score (nSPS) is 12.2. The predicted octanol–water partition coefficient (Wildman–Crippen LogP) is 5.19. The molecule has 120 valence electrons. The van der Waals surface area contributed by atoms with Crippen LogP contribution in [-0.4, -0.2) is 11.1 Å². The van der Waals surface area contributed by atoms with Crippen LogP contribution in [-0.2, 0) is 10.2 Å². The maximum absolute atomic E-state index is 12.4. The fraction of sp³-hybridized carbons (Fsp3) is 0.286. The topological polar surface area (TPSA) is 37.3 Å². The number of allylic oxidation sites excluding steroid dienone is 2. The Labute approximate surface area is 138 Å². The Bertz CT molecular complexity index is 617. The zero-order valence-electron chi connectivity index (χ0n) is 13.8. The summed E-state index contributed by atoms with van der Waals surface area (Å²) in [4.78, 5) is 12.4. The van der Waals surface area contributed by atoms with E-state index in [1.807, 2.05) is 60.7 Å². The van der Waals surface area contributed by atoms with Gasteiger partial charge in [0.05, 0.1) is 0 Å². The number of hydrogen-bond acceptors (Lipinski definition) is 1. The number of aliphatic carboxylic acids is 1. The van der Waals surface area contributed by atoms with Crippen molar-refractivity contribution in [2.75, 3.05) is 0 Å². The highest BCUT2D eigenvalue weighted by atomic mass is 16.4. The van der Waals surface area contributed by atoms with Gasteiger partial charge in [-0.05, 0) is 30.9 Å². The van der Waals surface area contributed by atoms with Gasteiger partial charge < -0.3 is 5.11 Å². The zero-order valence-corrected chi connectivity index (χ0v) is 13.8. The van der Waals surface area contributed by atoms with E-state index in [1.54, 1.807) is 0 Å². The van der Waals surface area contributed by atoms with E-state index in [-0.39, 0.29) is 0 Å². The molecule has 0 aliphatic heterocycles. The second kappa shape index (κ2) is 7.77. The van der Waals surface area contributed by atoms with Crippen molar-refractivity contribution in [3.8, 4) is 0 Å². The lowest BCUT2D eigenvalue weighted by molar-refractivity contribution is -0.142. The summed E-state index contributed by atoms with van der Waals surface area (Å²) in [6, 6.07) is 19.1. The van der Waals surface area contributed by atoms with Gasteiger partial charge in [-0.15, -0.1) is 0 Å². The number of rotatable bonds is 7. The van der Waals surface area contributed by atoms with E-state index < -0.39 is 11.4 Å². The van der Waals surface area contributed by atoms with Crippen molar-refractivity contribution in [3.05, 3.63) is 83.4 Å². The van der Waals surface area contributed by atoms with Crippen LogP contribution < -0.4 is 0 Å². The molecule has 23 heavy (non-hydrogen) atoms. The fourth-order valence-electron chi connectivity index (χ4n) is 3.01. The van der Waals surface area contributed by atoms with E-state index in [9.17, 15) is 9.90 Å². The average molecular weight is 308 g/mol. The van der Waals surface area contributed by atoms with Crippen LogP contribution in [0.25, 0.3) is 0 Å². The van der Waals surface area contributed by atoms with Gasteiger partial charge in [0, 0.05) is 0 Å². The van der Waals surface area contributed by atoms with E-state index in [0.29, 0.717) is 6.42 Å². The molecule has 0 saturated heterocycles. The van der Waals surface area contributed by atoms with Crippen LogP contribution in [0.3, 0.4) is 0 Å². The Morgan fingerprint density at radius 3 is 1.87 bits per heavy atom. The number of hydrogen-bond donors (Lipinski definition) is 1. The van der Waals surface area contributed by atoms with Gasteiger partial charge in [0.1, 0.15) is 5.41 Å². The minimum atomic E-state index is -1.04. The summed E-state index contributed by atoms with van der Waals surface area (Å²) < 4.78 is 0. The molecule has 2 aromatic carbocycles. The second-order valence-electron chi connectivity index (χ2n) is 5.95. The van der Waals surface area contributed by atoms with Crippen molar-refractivity contribution in [3.63, 3.8) is 0 Å². The van der Waals surface area contributed by atoms with Gasteiger partial charge in [0.15, 0.2) is 0 Å². The summed E-state index contributed by atoms with van der Waals surface area (Å²) in [6.45, 7) is 4.21. The summed E-state index contributed by atoms with van der Waals surface area (Å²) in [6.07, 6.45) is 4.61. The van der Waals surface area contributed by atoms with E-state index in [2.05, 4.69) is 19.9 Å². The van der Waals surface area contributed by atoms with Crippen molar-refractivity contribution < 1.29 is 9.90 Å². The van der Waals surface area contributed by atoms with E-state index in [4.69, 9.17) is 0 Å². The summed E-state index contributed by atoms with van der Waals surface area (Å²) in [5.41, 5.74) is 1.83. The van der Waals surface area contributed by atoms with E-state index in [1.165, 1.54) is 5.57 Å². The Morgan fingerprint density at radius 2 is 1.48 bits per heavy atom. The Kier molecular flexibility index (Phi) is 5.75. The van der Waals surface area contributed by atoms with Crippen molar-refractivity contribution in [2.24, 2.45) is 0 Å². The summed E-state index contributed by atoms with van der Waals surface area (Å²) in [5, 5.41) is 10.1. The first-order chi connectivity index (χ1) is 11.1. The second-order valence-corrected chi connectivity index (χ2v) is 5.95. The van der Waals surface area contributed by atoms with Gasteiger partial charge >= 0.3 is 5.97 Å². The first-order valence-electron chi connectivity index (χ1n) is 8.11. The van der Waals surface area contributed by atoms with Crippen LogP contribution in [0.4, 0.5) is 0 Å². The molecule has 0 radical (unpaired) electrons. The lowest BCUT2D eigenvalue weighted by Gasteiger charge is -2.30. The van der Waals surface area contributed by atoms with E-state index in [0.717, 1.165) is 24.0 Å². The highest BCUT2D eigenvalue weighted by Gasteiger charge is 2.41. The Morgan fingerprint density at radius 1 is 1.00 bits per heavy atom. The standard InChI is InChI=1S/C21H24O2/c1-3-10-17(2)15-16-21(20(22)23,18-11-6-4-7-12-18)19-13-8-5-9-14-19/h4-9,11-15H,3,10,16H2,1-2H3,(H,22,23)/b17-15+. The molecule has 0 atom stereocenters. The monoisotopic (exact) mass is 308 g/mol. The third-order valence-electron chi connectivity index (χ3n) is 4.30. The summed E-state index contributed by atoms with van der Waals surface area (Å²) in [7, 11) is 0. The van der Waals surface area contributed by atoms with Gasteiger partial charge in [-0.1, -0.05) is 85.7 Å². The van der Waals surface area contributed by atoms with Crippen LogP contribution in [0.15, 0.2) is 72.3 Å². The molecule has 0 amide bonds. The van der Waals surface area contributed by atoms with Crippen LogP contribution in [0.2, 0.25) is 0 Å². The van der Waals surface area contributed by atoms with Crippen molar-refractivity contribution in [2.45, 2.75) is 38.5 Å². The minimum absolute atomic E-state index is 0.461. The fourth-order valence-corrected chi connectivity index (χ4v) is 3.01. The number of benzene rings is 2. The van der Waals surface area contributed by atoms with E-state index >= 15 is 0 Å². The lowest BCUT2D eigenvalue weighted by atomic mass is 9.71. The lowest BCUT2D eigenvalue weighted by Crippen LogP contribution is -2.36. The molecular formula is C21H24O2. The Hall–Kier alpha value is -2.35. The summed E-state index contributed by atoms with van der Waals surface area (Å²) >= 11 is 0. The molecule has 0 fully saturated rings. The molecule has 1 N–H and O–H groups in total. The van der Waals surface area contributed by atoms with Crippen LogP contribution >= 0.6 is 0 Å². The van der Waals surface area contributed by atoms with Gasteiger partial charge in [-0.3, -0.25) is 4.79 Å². The van der Waals surface area contributed by atoms with Crippen molar-refractivity contribution in [1.82, 2.24) is 0 Å². The smallest absolute Gasteiger partial charge is 0.318 e. The van der Waals surface area contributed by atoms with Crippen molar-refractivity contribution in [1.29, 1.82) is 0 Å². The zero-order chi connectivity index (χ0) is 16.7. The third kappa shape index (κ3) is 3.70. The highest BCUT2D eigenvalue weighted by Crippen LogP contribution is 2.37. The molecule has 0 saturated carbocycles. The van der Waals surface area contributed by atoms with Crippen LogP contribution in [0.5, 0.6) is 0 Å². The van der Waals surface area contributed by atoms with Crippen LogP contribution in [0.1, 0.15) is 44.2 Å². The molecule has 0 aromatic heterocycles. The van der Waals surface area contributed by atoms with Gasteiger partial charge in [0.25, 0.3) is 0 Å². The highest BCUT2D eigenvalue weighted by molar-refractivity contribution is 5.86. The van der Waals surface area contributed by atoms with Gasteiger partial charge in [-0.25, -0.2) is 0 Å². The third-order valence-corrected chi connectivity index (χ3v) is 4.30. The molecule has 0 aliphatic carbocycles. The Balaban J connectivity index is 2.57. The molecule has 2 rings (SSSR count). The molecule has 0 unspecified atom stereocenters. The molecule has 0 aliphatic rings. The maximum Gasteiger partial charge on any atom is 0.318 e. The SMILES string of the molecule is CCC/C(C)=C/CC(C(=O)O)(c1ccccc1)c1ccccc1. The quantitative estimate of drug-likeness (QED) is 0.714. The molecule has 0 heterocycles. The van der Waals surface area contributed by atoms with Crippen molar-refractivity contribution >= 4 is 5.97 Å². The van der Waals surface area contributed by atoms with Gasteiger partial charge in [0.2, 0.25) is 0 Å². The number of carboxylic acids is 1. The number of carboxylic acid groups (broad SMARTS) is 1. The van der Waals surface area contributed by atoms with Crippen LogP contribution in [0, 0.1) is 0 Å². The first kappa shape index (κ1) is 17.0. The number of carbonyl (C=O) groups is 1. The van der Waals surface area contributed by atoms with Gasteiger partial charge in [-0.2, -0.15) is 0 Å². The maximum atomic E-state index is 12.4. The molecular weight excluding hydrogens is 284 g/mol. The summed E-state index contributed by atoms with van der Waals surface area (Å²) in [5.74, 6) is -0.810. The molecule has 0 bridgehead atoms. The largest absolute Gasteiger partial charge is 0.480 e. The first-order valence-corrected chi connectivity index (χ1v) is 8.11. The molecule has 2 nitrogen and oxygen atoms in total. The minimum Gasteiger partial charge on any atom is -0.480 e. The average Bonchev–Trinajstić information content (AvgIpc) is 2.57. The molecule has 2 heteroatoms. The molecule has 0 spiro atoms. The predicted molar refractivity (Wildman–Crippen MR) is 94.6 cm³/mol. The molecule has 2 aromatic rings.